The van der Waals surface area contributed by atoms with Crippen molar-refractivity contribution in [3.63, 3.8) is 0 Å². The Morgan fingerprint density at radius 1 is 1.45 bits per heavy atom. The Balaban J connectivity index is 1.85. The fraction of sp³-hybridized carbons (Fsp3) is 0.667. The zero-order chi connectivity index (χ0) is 14.5. The largest absolute Gasteiger partial charge is 0.473 e. The number of nitrogens with zero attached hydrogens (tertiary/aromatic N) is 2. The number of anilines is 2. The first-order chi connectivity index (χ1) is 9.60. The molecule has 112 valence electrons. The highest BCUT2D eigenvalue weighted by molar-refractivity contribution is 5.53. The number of aromatic nitrogens is 1. The minimum absolute atomic E-state index is 0.0745. The lowest BCUT2D eigenvalue weighted by Crippen LogP contribution is -2.31. The Hall–Kier alpha value is -1.49. The first kappa shape index (κ1) is 14.9. The van der Waals surface area contributed by atoms with E-state index in [1.165, 1.54) is 12.8 Å². The van der Waals surface area contributed by atoms with Crippen LogP contribution in [-0.4, -0.2) is 41.7 Å². The first-order valence-electron chi connectivity index (χ1n) is 7.51. The van der Waals surface area contributed by atoms with E-state index in [4.69, 9.17) is 10.5 Å². The molecule has 5 heteroatoms. The predicted molar refractivity (Wildman–Crippen MR) is 83.2 cm³/mol. The molecule has 1 heterocycles. The molecule has 1 aromatic rings. The van der Waals surface area contributed by atoms with Crippen LogP contribution in [0, 0.1) is 0 Å². The molecule has 1 aliphatic rings. The third kappa shape index (κ3) is 4.27. The maximum atomic E-state index is 5.86. The van der Waals surface area contributed by atoms with Crippen LogP contribution in [0.3, 0.4) is 0 Å². The van der Waals surface area contributed by atoms with E-state index >= 15 is 0 Å². The summed E-state index contributed by atoms with van der Waals surface area (Å²) in [6, 6.07) is 4.54. The van der Waals surface area contributed by atoms with Crippen LogP contribution in [0.2, 0.25) is 0 Å². The van der Waals surface area contributed by atoms with Gasteiger partial charge in [-0.3, -0.25) is 4.90 Å². The second-order valence-electron chi connectivity index (χ2n) is 5.54. The van der Waals surface area contributed by atoms with E-state index in [0.717, 1.165) is 31.5 Å². The normalized spacial score (nSPS) is 14.8. The molecule has 2 rings (SSSR count). The fourth-order valence-electron chi connectivity index (χ4n) is 2.23. The standard InChI is InChI=1S/C15H26N4O/c1-4-19(12-5-6-12)10-9-17-14-8-7-13(16)15(18-14)20-11(2)3/h7-8,11-12H,4-6,9-10,16H2,1-3H3,(H,17,18). The van der Waals surface area contributed by atoms with Crippen molar-refractivity contribution < 1.29 is 4.74 Å². The number of hydrogen-bond donors (Lipinski definition) is 2. The van der Waals surface area contributed by atoms with Crippen LogP contribution >= 0.6 is 0 Å². The van der Waals surface area contributed by atoms with Crippen molar-refractivity contribution >= 4 is 11.5 Å². The monoisotopic (exact) mass is 278 g/mol. The Morgan fingerprint density at radius 3 is 2.80 bits per heavy atom. The van der Waals surface area contributed by atoms with E-state index in [0.29, 0.717) is 11.6 Å². The minimum Gasteiger partial charge on any atom is -0.473 e. The highest BCUT2D eigenvalue weighted by Gasteiger charge is 2.27. The molecule has 1 aromatic heterocycles. The molecule has 0 aromatic carbocycles. The van der Waals surface area contributed by atoms with Gasteiger partial charge in [0.1, 0.15) is 5.82 Å². The summed E-state index contributed by atoms with van der Waals surface area (Å²) in [6.07, 6.45) is 2.77. The van der Waals surface area contributed by atoms with Crippen molar-refractivity contribution in [1.82, 2.24) is 9.88 Å². The second kappa shape index (κ2) is 6.79. The van der Waals surface area contributed by atoms with Gasteiger partial charge in [-0.05, 0) is 45.4 Å². The summed E-state index contributed by atoms with van der Waals surface area (Å²) in [4.78, 5) is 6.93. The second-order valence-corrected chi connectivity index (χ2v) is 5.54. The van der Waals surface area contributed by atoms with Gasteiger partial charge >= 0.3 is 0 Å². The third-order valence-electron chi connectivity index (χ3n) is 3.41. The van der Waals surface area contributed by atoms with Gasteiger partial charge in [0, 0.05) is 19.1 Å². The molecule has 1 fully saturated rings. The van der Waals surface area contributed by atoms with Crippen LogP contribution < -0.4 is 15.8 Å². The maximum Gasteiger partial charge on any atom is 0.239 e. The molecule has 0 saturated heterocycles. The van der Waals surface area contributed by atoms with Gasteiger partial charge in [0.05, 0.1) is 11.8 Å². The number of nitrogens with one attached hydrogen (secondary N) is 1. The van der Waals surface area contributed by atoms with E-state index in [2.05, 4.69) is 22.1 Å². The van der Waals surface area contributed by atoms with Gasteiger partial charge in [-0.1, -0.05) is 6.92 Å². The molecule has 5 nitrogen and oxygen atoms in total. The summed E-state index contributed by atoms with van der Waals surface area (Å²) >= 11 is 0. The molecular weight excluding hydrogens is 252 g/mol. The molecule has 0 amide bonds. The molecule has 0 radical (unpaired) electrons. The lowest BCUT2D eigenvalue weighted by molar-refractivity contribution is 0.234. The average Bonchev–Trinajstić information content (AvgIpc) is 3.22. The van der Waals surface area contributed by atoms with Crippen LogP contribution in [0.5, 0.6) is 5.88 Å². The van der Waals surface area contributed by atoms with E-state index in [1.54, 1.807) is 0 Å². The van der Waals surface area contributed by atoms with Crippen LogP contribution in [0.15, 0.2) is 12.1 Å². The molecule has 0 bridgehead atoms. The summed E-state index contributed by atoms with van der Waals surface area (Å²) in [7, 11) is 0. The van der Waals surface area contributed by atoms with E-state index in [9.17, 15) is 0 Å². The summed E-state index contributed by atoms with van der Waals surface area (Å²) < 4.78 is 5.60. The lowest BCUT2D eigenvalue weighted by atomic mass is 10.3. The molecule has 0 atom stereocenters. The molecule has 1 saturated carbocycles. The lowest BCUT2D eigenvalue weighted by Gasteiger charge is -2.20. The number of hydrogen-bond acceptors (Lipinski definition) is 5. The number of pyridine rings is 1. The number of nitrogen functional groups attached to an aromatic ring is 1. The van der Waals surface area contributed by atoms with Gasteiger partial charge in [-0.15, -0.1) is 0 Å². The number of likely N-dealkylation sites (N-methyl/N-ethyl adjacent to an activating group) is 1. The zero-order valence-electron chi connectivity index (χ0n) is 12.7. The summed E-state index contributed by atoms with van der Waals surface area (Å²) in [6.45, 7) is 9.21. The van der Waals surface area contributed by atoms with Crippen LogP contribution in [0.4, 0.5) is 11.5 Å². The van der Waals surface area contributed by atoms with Gasteiger partial charge in [0.25, 0.3) is 0 Å². The Labute approximate surface area is 121 Å². The molecule has 3 N–H and O–H groups in total. The quantitative estimate of drug-likeness (QED) is 0.764. The average molecular weight is 278 g/mol. The molecule has 0 spiro atoms. The molecule has 0 unspecified atom stereocenters. The molecule has 20 heavy (non-hydrogen) atoms. The SMILES string of the molecule is CCN(CCNc1ccc(N)c(OC(C)C)n1)C1CC1. The molecule has 0 aliphatic heterocycles. The molecular formula is C15H26N4O. The van der Waals surface area contributed by atoms with Gasteiger partial charge in [-0.2, -0.15) is 4.98 Å². The first-order valence-corrected chi connectivity index (χ1v) is 7.51. The van der Waals surface area contributed by atoms with Gasteiger partial charge in [0.15, 0.2) is 0 Å². The van der Waals surface area contributed by atoms with Gasteiger partial charge in [-0.25, -0.2) is 0 Å². The van der Waals surface area contributed by atoms with Crippen molar-refractivity contribution in [3.8, 4) is 5.88 Å². The number of ether oxygens (including phenoxy) is 1. The Bertz CT molecular complexity index is 432. The zero-order valence-corrected chi connectivity index (χ0v) is 12.7. The summed E-state index contributed by atoms with van der Waals surface area (Å²) in [5.74, 6) is 1.33. The van der Waals surface area contributed by atoms with Crippen LogP contribution in [-0.2, 0) is 0 Å². The summed E-state index contributed by atoms with van der Waals surface area (Å²) in [5, 5.41) is 3.34. The van der Waals surface area contributed by atoms with E-state index in [1.807, 2.05) is 26.0 Å². The van der Waals surface area contributed by atoms with Crippen molar-refractivity contribution in [1.29, 1.82) is 0 Å². The van der Waals surface area contributed by atoms with Crippen molar-refractivity contribution in [3.05, 3.63) is 12.1 Å². The highest BCUT2D eigenvalue weighted by Crippen LogP contribution is 2.26. The number of nitrogens with two attached hydrogens (primary N) is 1. The van der Waals surface area contributed by atoms with Crippen molar-refractivity contribution in [2.45, 2.75) is 45.8 Å². The summed E-state index contributed by atoms with van der Waals surface area (Å²) in [5.41, 5.74) is 6.44. The molecule has 1 aliphatic carbocycles. The van der Waals surface area contributed by atoms with Crippen molar-refractivity contribution in [2.75, 3.05) is 30.7 Å². The van der Waals surface area contributed by atoms with Gasteiger partial charge < -0.3 is 15.8 Å². The predicted octanol–water partition coefficient (Wildman–Crippen LogP) is 2.35. The Kier molecular flexibility index (Phi) is 5.06. The van der Waals surface area contributed by atoms with Gasteiger partial charge in [0.2, 0.25) is 5.88 Å². The van der Waals surface area contributed by atoms with Crippen LogP contribution in [0.25, 0.3) is 0 Å². The smallest absolute Gasteiger partial charge is 0.239 e. The van der Waals surface area contributed by atoms with Crippen molar-refractivity contribution in [2.24, 2.45) is 0 Å². The van der Waals surface area contributed by atoms with E-state index in [-0.39, 0.29) is 6.10 Å². The Morgan fingerprint density at radius 2 is 2.20 bits per heavy atom. The highest BCUT2D eigenvalue weighted by atomic mass is 16.5. The topological polar surface area (TPSA) is 63.4 Å². The minimum atomic E-state index is 0.0745. The maximum absolute atomic E-state index is 5.86. The third-order valence-corrected chi connectivity index (χ3v) is 3.41. The fourth-order valence-corrected chi connectivity index (χ4v) is 2.23. The van der Waals surface area contributed by atoms with Crippen LogP contribution in [0.1, 0.15) is 33.6 Å². The van der Waals surface area contributed by atoms with E-state index < -0.39 is 0 Å². The number of rotatable bonds is 8.